The van der Waals surface area contributed by atoms with Crippen molar-refractivity contribution in [2.24, 2.45) is 5.73 Å². The molecule has 0 heterocycles. The Balaban J connectivity index is 2.36. The molecule has 1 atom stereocenters. The fraction of sp³-hybridized carbons (Fsp3) is 0.143. The highest BCUT2D eigenvalue weighted by Gasteiger charge is 2.09. The third-order valence-corrected chi connectivity index (χ3v) is 3.40. The molecule has 0 aliphatic carbocycles. The summed E-state index contributed by atoms with van der Waals surface area (Å²) in [5, 5.41) is 0.729. The quantitative estimate of drug-likeness (QED) is 0.871. The van der Waals surface area contributed by atoms with E-state index in [9.17, 15) is 0 Å². The molecule has 0 amide bonds. The highest BCUT2D eigenvalue weighted by molar-refractivity contribution is 9.10. The summed E-state index contributed by atoms with van der Waals surface area (Å²) in [5.74, 6) is 0. The molecule has 0 aromatic heterocycles. The molecular weight excluding hydrogens is 298 g/mol. The molecule has 88 valence electrons. The zero-order valence-electron chi connectivity index (χ0n) is 9.45. The topological polar surface area (TPSA) is 26.0 Å². The molecule has 1 nitrogen and oxygen atoms in total. The summed E-state index contributed by atoms with van der Waals surface area (Å²) < 4.78 is 1.05. The predicted molar refractivity (Wildman–Crippen MR) is 76.4 cm³/mol. The molecule has 0 aliphatic rings. The lowest BCUT2D eigenvalue weighted by atomic mass is 9.98. The Morgan fingerprint density at radius 2 is 1.71 bits per heavy atom. The number of halogens is 2. The van der Waals surface area contributed by atoms with Crippen LogP contribution in [0.3, 0.4) is 0 Å². The van der Waals surface area contributed by atoms with E-state index in [1.165, 1.54) is 0 Å². The van der Waals surface area contributed by atoms with Gasteiger partial charge in [0.05, 0.1) is 6.04 Å². The van der Waals surface area contributed by atoms with E-state index >= 15 is 0 Å². The number of hydrogen-bond acceptors (Lipinski definition) is 1. The second kappa shape index (κ2) is 5.21. The van der Waals surface area contributed by atoms with Crippen molar-refractivity contribution in [3.05, 3.63) is 68.7 Å². The number of aryl methyl sites for hydroxylation is 1. The van der Waals surface area contributed by atoms with Crippen LogP contribution >= 0.6 is 27.5 Å². The zero-order valence-corrected chi connectivity index (χ0v) is 11.8. The van der Waals surface area contributed by atoms with Crippen molar-refractivity contribution in [3.8, 4) is 0 Å². The summed E-state index contributed by atoms with van der Waals surface area (Å²) in [7, 11) is 0. The van der Waals surface area contributed by atoms with Crippen molar-refractivity contribution in [1.29, 1.82) is 0 Å². The van der Waals surface area contributed by atoms with Gasteiger partial charge in [-0.05, 0) is 47.9 Å². The third kappa shape index (κ3) is 3.09. The van der Waals surface area contributed by atoms with E-state index in [4.69, 9.17) is 17.3 Å². The summed E-state index contributed by atoms with van der Waals surface area (Å²) in [6.07, 6.45) is 0. The van der Waals surface area contributed by atoms with Crippen LogP contribution in [-0.2, 0) is 0 Å². The van der Waals surface area contributed by atoms with Crippen molar-refractivity contribution in [1.82, 2.24) is 0 Å². The van der Waals surface area contributed by atoms with Crippen LogP contribution in [0, 0.1) is 6.92 Å². The molecule has 2 aromatic carbocycles. The van der Waals surface area contributed by atoms with Gasteiger partial charge >= 0.3 is 0 Å². The summed E-state index contributed by atoms with van der Waals surface area (Å²) in [4.78, 5) is 0. The monoisotopic (exact) mass is 309 g/mol. The van der Waals surface area contributed by atoms with Crippen molar-refractivity contribution in [2.45, 2.75) is 13.0 Å². The number of nitrogens with two attached hydrogens (primary N) is 1. The van der Waals surface area contributed by atoms with Crippen LogP contribution in [-0.4, -0.2) is 0 Å². The van der Waals surface area contributed by atoms with E-state index in [2.05, 4.69) is 22.0 Å². The maximum absolute atomic E-state index is 6.23. The first-order valence-corrected chi connectivity index (χ1v) is 6.51. The summed E-state index contributed by atoms with van der Waals surface area (Å²) in [6.45, 7) is 2.02. The molecule has 2 aromatic rings. The van der Waals surface area contributed by atoms with Gasteiger partial charge in [0.25, 0.3) is 0 Å². The summed E-state index contributed by atoms with van der Waals surface area (Å²) in [5.41, 5.74) is 9.47. The second-order valence-corrected chi connectivity index (χ2v) is 5.44. The molecule has 2 rings (SSSR count). The first-order valence-electron chi connectivity index (χ1n) is 5.34. The van der Waals surface area contributed by atoms with Gasteiger partial charge in [0, 0.05) is 9.50 Å². The Kier molecular flexibility index (Phi) is 3.87. The lowest BCUT2D eigenvalue weighted by Crippen LogP contribution is -2.11. The standard InChI is InChI=1S/C14H13BrClN/c1-9-6-11(8-13(16)7-9)14(17)10-2-4-12(15)5-3-10/h2-8,14H,17H2,1H3. The van der Waals surface area contributed by atoms with E-state index < -0.39 is 0 Å². The third-order valence-electron chi connectivity index (χ3n) is 2.65. The highest BCUT2D eigenvalue weighted by Crippen LogP contribution is 2.24. The van der Waals surface area contributed by atoms with Gasteiger partial charge in [-0.25, -0.2) is 0 Å². The molecule has 0 bridgehead atoms. The Labute approximate surface area is 115 Å². The molecule has 0 spiro atoms. The molecule has 17 heavy (non-hydrogen) atoms. The fourth-order valence-electron chi connectivity index (χ4n) is 1.81. The van der Waals surface area contributed by atoms with Gasteiger partial charge in [0.1, 0.15) is 0 Å². The number of rotatable bonds is 2. The average Bonchev–Trinajstić information content (AvgIpc) is 2.28. The van der Waals surface area contributed by atoms with Crippen LogP contribution < -0.4 is 5.73 Å². The molecule has 0 fully saturated rings. The Bertz CT molecular complexity index is 502. The molecular formula is C14H13BrClN. The van der Waals surface area contributed by atoms with Gasteiger partial charge in [-0.1, -0.05) is 45.7 Å². The molecule has 0 saturated carbocycles. The smallest absolute Gasteiger partial charge is 0.0552 e. The van der Waals surface area contributed by atoms with Gasteiger partial charge in [-0.3, -0.25) is 0 Å². The highest BCUT2D eigenvalue weighted by atomic mass is 79.9. The van der Waals surface area contributed by atoms with Gasteiger partial charge in [-0.2, -0.15) is 0 Å². The first-order chi connectivity index (χ1) is 8.06. The molecule has 0 radical (unpaired) electrons. The SMILES string of the molecule is Cc1cc(Cl)cc(C(N)c2ccc(Br)cc2)c1. The molecule has 2 N–H and O–H groups in total. The van der Waals surface area contributed by atoms with Crippen LogP contribution in [0.25, 0.3) is 0 Å². The van der Waals surface area contributed by atoms with Gasteiger partial charge in [0.2, 0.25) is 0 Å². The van der Waals surface area contributed by atoms with Crippen molar-refractivity contribution < 1.29 is 0 Å². The van der Waals surface area contributed by atoms with Crippen LogP contribution in [0.5, 0.6) is 0 Å². The van der Waals surface area contributed by atoms with E-state index in [0.717, 1.165) is 26.2 Å². The minimum atomic E-state index is -0.138. The van der Waals surface area contributed by atoms with Crippen LogP contribution in [0.1, 0.15) is 22.7 Å². The number of hydrogen-bond donors (Lipinski definition) is 1. The summed E-state index contributed by atoms with van der Waals surface area (Å²) >= 11 is 9.46. The van der Waals surface area contributed by atoms with Crippen LogP contribution in [0.4, 0.5) is 0 Å². The Hall–Kier alpha value is -0.830. The lowest BCUT2D eigenvalue weighted by molar-refractivity contribution is 0.869. The maximum atomic E-state index is 6.23. The van der Waals surface area contributed by atoms with Crippen LogP contribution in [0.2, 0.25) is 5.02 Å². The predicted octanol–water partition coefficient (Wildman–Crippen LogP) is 4.46. The fourth-order valence-corrected chi connectivity index (χ4v) is 2.37. The largest absolute Gasteiger partial charge is 0.320 e. The minimum Gasteiger partial charge on any atom is -0.320 e. The first kappa shape index (κ1) is 12.6. The normalized spacial score (nSPS) is 12.5. The van der Waals surface area contributed by atoms with E-state index in [-0.39, 0.29) is 6.04 Å². The van der Waals surface area contributed by atoms with Gasteiger partial charge in [0.15, 0.2) is 0 Å². The van der Waals surface area contributed by atoms with Gasteiger partial charge < -0.3 is 5.73 Å². The van der Waals surface area contributed by atoms with E-state index in [1.807, 2.05) is 43.3 Å². The van der Waals surface area contributed by atoms with E-state index in [0.29, 0.717) is 0 Å². The minimum absolute atomic E-state index is 0.138. The molecule has 0 aliphatic heterocycles. The van der Waals surface area contributed by atoms with Crippen molar-refractivity contribution in [2.75, 3.05) is 0 Å². The molecule has 3 heteroatoms. The van der Waals surface area contributed by atoms with Crippen molar-refractivity contribution >= 4 is 27.5 Å². The zero-order chi connectivity index (χ0) is 12.4. The maximum Gasteiger partial charge on any atom is 0.0552 e. The molecule has 1 unspecified atom stereocenters. The Morgan fingerprint density at radius 1 is 1.06 bits per heavy atom. The number of benzene rings is 2. The molecule has 0 saturated heterocycles. The van der Waals surface area contributed by atoms with Crippen LogP contribution in [0.15, 0.2) is 46.9 Å². The van der Waals surface area contributed by atoms with Gasteiger partial charge in [-0.15, -0.1) is 0 Å². The van der Waals surface area contributed by atoms with E-state index in [1.54, 1.807) is 0 Å². The average molecular weight is 311 g/mol. The van der Waals surface area contributed by atoms with Crippen molar-refractivity contribution in [3.63, 3.8) is 0 Å². The summed E-state index contributed by atoms with van der Waals surface area (Å²) in [6, 6.07) is 13.8. The Morgan fingerprint density at radius 3 is 2.29 bits per heavy atom. The lowest BCUT2D eigenvalue weighted by Gasteiger charge is -2.14. The second-order valence-electron chi connectivity index (χ2n) is 4.09.